The number of aryl methyl sites for hydroxylation is 2. The molecule has 0 bridgehead atoms. The lowest BCUT2D eigenvalue weighted by molar-refractivity contribution is -0.129. The Hall–Kier alpha value is -2.89. The van der Waals surface area contributed by atoms with Gasteiger partial charge in [-0.2, -0.15) is 5.10 Å². The highest BCUT2D eigenvalue weighted by molar-refractivity contribution is 5.78. The van der Waals surface area contributed by atoms with Crippen molar-refractivity contribution < 1.29 is 9.32 Å². The van der Waals surface area contributed by atoms with Crippen LogP contribution in [0.1, 0.15) is 22.6 Å². The molecular weight excluding hydrogens is 304 g/mol. The molecule has 0 saturated carbocycles. The third-order valence-electron chi connectivity index (χ3n) is 4.01. The monoisotopic (exact) mass is 324 g/mol. The lowest BCUT2D eigenvalue weighted by atomic mass is 10.1. The Bertz CT molecular complexity index is 816. The van der Waals surface area contributed by atoms with E-state index in [1.807, 2.05) is 55.1 Å². The minimum absolute atomic E-state index is 0.0249. The molecule has 1 amide bonds. The third kappa shape index (κ3) is 3.37. The second-order valence-electron chi connectivity index (χ2n) is 5.86. The number of hydrogen-bond acceptors (Lipinski definition) is 4. The molecule has 0 radical (unpaired) electrons. The van der Waals surface area contributed by atoms with Gasteiger partial charge in [-0.1, -0.05) is 23.4 Å². The Morgan fingerprint density at radius 1 is 1.25 bits per heavy atom. The summed E-state index contributed by atoms with van der Waals surface area (Å²) in [6.45, 7) is 4.19. The van der Waals surface area contributed by atoms with E-state index in [0.29, 0.717) is 18.7 Å². The number of para-hydroxylation sites is 1. The Balaban J connectivity index is 1.66. The highest BCUT2D eigenvalue weighted by atomic mass is 16.5. The summed E-state index contributed by atoms with van der Waals surface area (Å²) in [5.74, 6) is 0.725. The van der Waals surface area contributed by atoms with Gasteiger partial charge in [0, 0.05) is 30.9 Å². The van der Waals surface area contributed by atoms with Crippen molar-refractivity contribution in [3.63, 3.8) is 0 Å². The van der Waals surface area contributed by atoms with Crippen LogP contribution >= 0.6 is 0 Å². The van der Waals surface area contributed by atoms with E-state index < -0.39 is 0 Å². The van der Waals surface area contributed by atoms with E-state index in [0.717, 1.165) is 22.5 Å². The highest BCUT2D eigenvalue weighted by Crippen LogP contribution is 2.15. The van der Waals surface area contributed by atoms with Gasteiger partial charge in [-0.3, -0.25) is 4.79 Å². The molecule has 0 aliphatic rings. The van der Waals surface area contributed by atoms with Crippen molar-refractivity contribution >= 4 is 5.91 Å². The molecular formula is C18H20N4O2. The van der Waals surface area contributed by atoms with Crippen LogP contribution in [0.3, 0.4) is 0 Å². The van der Waals surface area contributed by atoms with E-state index >= 15 is 0 Å². The van der Waals surface area contributed by atoms with Crippen LogP contribution in [0.4, 0.5) is 0 Å². The average molecular weight is 324 g/mol. The summed E-state index contributed by atoms with van der Waals surface area (Å²) in [6.07, 6.45) is 4.02. The molecule has 3 rings (SSSR count). The summed E-state index contributed by atoms with van der Waals surface area (Å²) in [5.41, 5.74) is 3.61. The van der Waals surface area contributed by atoms with Gasteiger partial charge in [0.05, 0.1) is 24.0 Å². The molecule has 2 aromatic heterocycles. The Labute approximate surface area is 140 Å². The number of amides is 1. The second kappa shape index (κ2) is 6.70. The van der Waals surface area contributed by atoms with Crippen LogP contribution in [-0.2, 0) is 17.8 Å². The first-order valence-electron chi connectivity index (χ1n) is 7.79. The topological polar surface area (TPSA) is 64.2 Å². The van der Waals surface area contributed by atoms with Crippen molar-refractivity contribution in [2.75, 3.05) is 7.05 Å². The van der Waals surface area contributed by atoms with E-state index in [4.69, 9.17) is 4.52 Å². The first-order chi connectivity index (χ1) is 11.5. The lowest BCUT2D eigenvalue weighted by Gasteiger charge is -2.16. The van der Waals surface area contributed by atoms with E-state index in [9.17, 15) is 4.79 Å². The maximum absolute atomic E-state index is 12.4. The number of nitrogens with zero attached hydrogens (tertiary/aromatic N) is 4. The molecule has 124 valence electrons. The fourth-order valence-electron chi connectivity index (χ4n) is 2.57. The molecule has 0 aliphatic carbocycles. The minimum atomic E-state index is 0.0249. The van der Waals surface area contributed by atoms with Gasteiger partial charge in [-0.05, 0) is 26.0 Å². The van der Waals surface area contributed by atoms with Gasteiger partial charge < -0.3 is 9.42 Å². The molecule has 0 saturated heterocycles. The third-order valence-corrected chi connectivity index (χ3v) is 4.01. The lowest BCUT2D eigenvalue weighted by Crippen LogP contribution is -2.27. The smallest absolute Gasteiger partial charge is 0.227 e. The Morgan fingerprint density at radius 2 is 2.00 bits per heavy atom. The van der Waals surface area contributed by atoms with E-state index in [1.54, 1.807) is 18.1 Å². The maximum Gasteiger partial charge on any atom is 0.227 e. The molecule has 1 aromatic carbocycles. The van der Waals surface area contributed by atoms with Crippen LogP contribution in [0.5, 0.6) is 0 Å². The zero-order valence-electron chi connectivity index (χ0n) is 14.1. The standard InChI is InChI=1S/C18H20N4O2/c1-13-17(14(2)24-20-13)9-18(23)21(3)11-15-10-19-22(12-15)16-7-5-4-6-8-16/h4-8,10,12H,9,11H2,1-3H3. The number of hydrogen-bond donors (Lipinski definition) is 0. The van der Waals surface area contributed by atoms with E-state index in [-0.39, 0.29) is 5.91 Å². The van der Waals surface area contributed by atoms with Crippen molar-refractivity contribution in [1.82, 2.24) is 19.8 Å². The van der Waals surface area contributed by atoms with Crippen molar-refractivity contribution in [3.8, 4) is 5.69 Å². The molecule has 24 heavy (non-hydrogen) atoms. The van der Waals surface area contributed by atoms with Crippen molar-refractivity contribution in [2.24, 2.45) is 0 Å². The predicted molar refractivity (Wildman–Crippen MR) is 89.7 cm³/mol. The second-order valence-corrected chi connectivity index (χ2v) is 5.86. The first kappa shape index (κ1) is 16.0. The van der Waals surface area contributed by atoms with Crippen molar-refractivity contribution in [1.29, 1.82) is 0 Å². The van der Waals surface area contributed by atoms with Crippen LogP contribution in [0.15, 0.2) is 47.2 Å². The van der Waals surface area contributed by atoms with Crippen LogP contribution < -0.4 is 0 Å². The zero-order valence-corrected chi connectivity index (χ0v) is 14.1. The Morgan fingerprint density at radius 3 is 2.67 bits per heavy atom. The van der Waals surface area contributed by atoms with Crippen LogP contribution in [-0.4, -0.2) is 32.8 Å². The van der Waals surface area contributed by atoms with Crippen molar-refractivity contribution in [2.45, 2.75) is 26.8 Å². The van der Waals surface area contributed by atoms with Gasteiger partial charge in [0.15, 0.2) is 0 Å². The summed E-state index contributed by atoms with van der Waals surface area (Å²) < 4.78 is 6.92. The number of benzene rings is 1. The molecule has 0 unspecified atom stereocenters. The summed E-state index contributed by atoms with van der Waals surface area (Å²) in [7, 11) is 1.79. The Kier molecular flexibility index (Phi) is 4.46. The molecule has 3 aromatic rings. The van der Waals surface area contributed by atoms with Gasteiger partial charge in [0.2, 0.25) is 5.91 Å². The van der Waals surface area contributed by atoms with Crippen LogP contribution in [0.2, 0.25) is 0 Å². The fraction of sp³-hybridized carbons (Fsp3) is 0.278. The maximum atomic E-state index is 12.4. The SMILES string of the molecule is Cc1noc(C)c1CC(=O)N(C)Cc1cnn(-c2ccccc2)c1. The quantitative estimate of drug-likeness (QED) is 0.724. The normalized spacial score (nSPS) is 10.8. The van der Waals surface area contributed by atoms with Gasteiger partial charge >= 0.3 is 0 Å². The summed E-state index contributed by atoms with van der Waals surface area (Å²) >= 11 is 0. The first-order valence-corrected chi connectivity index (χ1v) is 7.79. The van der Waals surface area contributed by atoms with Crippen LogP contribution in [0, 0.1) is 13.8 Å². The number of rotatable bonds is 5. The molecule has 0 atom stereocenters. The summed E-state index contributed by atoms with van der Waals surface area (Å²) in [4.78, 5) is 14.1. The molecule has 0 aliphatic heterocycles. The van der Waals surface area contributed by atoms with Gasteiger partial charge in [-0.15, -0.1) is 0 Å². The number of likely N-dealkylation sites (N-methyl/N-ethyl adjacent to an activating group) is 1. The number of carbonyl (C=O) groups excluding carboxylic acids is 1. The number of aromatic nitrogens is 3. The fourth-order valence-corrected chi connectivity index (χ4v) is 2.57. The molecule has 6 nitrogen and oxygen atoms in total. The summed E-state index contributed by atoms with van der Waals surface area (Å²) in [6, 6.07) is 9.88. The van der Waals surface area contributed by atoms with E-state index in [2.05, 4.69) is 10.3 Å². The average Bonchev–Trinajstić information content (AvgIpc) is 3.17. The van der Waals surface area contributed by atoms with Gasteiger partial charge in [0.25, 0.3) is 0 Å². The minimum Gasteiger partial charge on any atom is -0.361 e. The zero-order chi connectivity index (χ0) is 17.1. The highest BCUT2D eigenvalue weighted by Gasteiger charge is 2.17. The van der Waals surface area contributed by atoms with Crippen LogP contribution in [0.25, 0.3) is 5.69 Å². The molecule has 0 N–H and O–H groups in total. The van der Waals surface area contributed by atoms with E-state index in [1.165, 1.54) is 0 Å². The molecule has 0 spiro atoms. The molecule has 0 fully saturated rings. The van der Waals surface area contributed by atoms with Gasteiger partial charge in [0.1, 0.15) is 5.76 Å². The largest absolute Gasteiger partial charge is 0.361 e. The molecule has 6 heteroatoms. The number of carbonyl (C=O) groups is 1. The predicted octanol–water partition coefficient (Wildman–Crippen LogP) is 2.68. The molecule has 2 heterocycles. The van der Waals surface area contributed by atoms with Gasteiger partial charge in [-0.25, -0.2) is 4.68 Å². The van der Waals surface area contributed by atoms with Crippen molar-refractivity contribution in [3.05, 3.63) is 65.3 Å². The summed E-state index contributed by atoms with van der Waals surface area (Å²) in [5, 5.41) is 8.25.